The van der Waals surface area contributed by atoms with Gasteiger partial charge in [-0.1, -0.05) is 30.3 Å². The highest BCUT2D eigenvalue weighted by molar-refractivity contribution is 14.0. The van der Waals surface area contributed by atoms with E-state index in [1.165, 1.54) is 4.88 Å². The molecule has 0 atom stereocenters. The van der Waals surface area contributed by atoms with Gasteiger partial charge in [-0.25, -0.2) is 0 Å². The maximum absolute atomic E-state index is 12.2. The number of thiophene rings is 1. The number of benzene rings is 1. The van der Waals surface area contributed by atoms with Crippen molar-refractivity contribution in [2.45, 2.75) is 25.7 Å². The first-order valence-electron chi connectivity index (χ1n) is 8.54. The van der Waals surface area contributed by atoms with E-state index in [4.69, 9.17) is 4.74 Å². The number of likely N-dealkylation sites (N-methyl/N-ethyl adjacent to an activating group) is 1. The molecule has 4 nitrogen and oxygen atoms in total. The Hall–Kier alpha value is -1.33. The zero-order chi connectivity index (χ0) is 19.7. The maximum atomic E-state index is 12.2. The second-order valence-corrected chi connectivity index (χ2v) is 7.11. The zero-order valence-corrected chi connectivity index (χ0v) is 19.0. The number of rotatable bonds is 8. The number of halogens is 4. The molecule has 0 bridgehead atoms. The molecule has 0 radical (unpaired) electrons. The van der Waals surface area contributed by atoms with Gasteiger partial charge in [-0.3, -0.25) is 4.99 Å². The Morgan fingerprint density at radius 1 is 1.21 bits per heavy atom. The fraction of sp³-hybridized carbons (Fsp3) is 0.421. The van der Waals surface area contributed by atoms with Crippen molar-refractivity contribution in [3.63, 3.8) is 0 Å². The highest BCUT2D eigenvalue weighted by atomic mass is 127. The Morgan fingerprint density at radius 3 is 2.61 bits per heavy atom. The maximum Gasteiger partial charge on any atom is 0.411 e. The molecule has 0 unspecified atom stereocenters. The molecule has 0 saturated heterocycles. The smallest absolute Gasteiger partial charge is 0.367 e. The number of hydrogen-bond acceptors (Lipinski definition) is 3. The Labute approximate surface area is 184 Å². The Kier molecular flexibility index (Phi) is 10.8. The molecule has 0 spiro atoms. The molecule has 0 fully saturated rings. The van der Waals surface area contributed by atoms with E-state index < -0.39 is 12.8 Å². The van der Waals surface area contributed by atoms with E-state index in [0.717, 1.165) is 24.5 Å². The topological polar surface area (TPSA) is 36.9 Å². The Balaban J connectivity index is 0.00000392. The molecule has 1 heterocycles. The molecule has 0 saturated carbocycles. The van der Waals surface area contributed by atoms with Gasteiger partial charge in [0.25, 0.3) is 0 Å². The number of alkyl halides is 3. The van der Waals surface area contributed by atoms with E-state index in [9.17, 15) is 13.2 Å². The lowest BCUT2D eigenvalue weighted by Crippen LogP contribution is -2.39. The second kappa shape index (κ2) is 12.3. The van der Waals surface area contributed by atoms with Crippen LogP contribution in [-0.2, 0) is 24.3 Å². The quantitative estimate of drug-likeness (QED) is 0.308. The second-order valence-electron chi connectivity index (χ2n) is 6.08. The highest BCUT2D eigenvalue weighted by Gasteiger charge is 2.27. The molecule has 9 heteroatoms. The first-order chi connectivity index (χ1) is 12.9. The van der Waals surface area contributed by atoms with E-state index in [2.05, 4.69) is 26.7 Å². The van der Waals surface area contributed by atoms with Gasteiger partial charge in [0.1, 0.15) is 6.61 Å². The summed E-state index contributed by atoms with van der Waals surface area (Å²) >= 11 is 1.73. The van der Waals surface area contributed by atoms with Gasteiger partial charge in [-0.15, -0.1) is 35.3 Å². The van der Waals surface area contributed by atoms with Crippen molar-refractivity contribution in [1.82, 2.24) is 10.2 Å². The van der Waals surface area contributed by atoms with Crippen LogP contribution in [0.5, 0.6) is 0 Å². The average molecular weight is 527 g/mol. The molecular weight excluding hydrogens is 502 g/mol. The minimum atomic E-state index is -4.31. The van der Waals surface area contributed by atoms with Gasteiger partial charge in [0, 0.05) is 32.1 Å². The standard InChI is InChI=1S/C19H24F3N3OS.HI/c1-23-18(25(2)9-8-17-7-4-10-27-17)24-12-15-5-3-6-16(11-15)13-26-14-19(20,21)22;/h3-7,10-11H,8-9,12-14H2,1-2H3,(H,23,24);1H. The minimum absolute atomic E-state index is 0. The van der Waals surface area contributed by atoms with Gasteiger partial charge in [-0.2, -0.15) is 13.2 Å². The molecule has 2 aromatic rings. The third kappa shape index (κ3) is 9.24. The van der Waals surface area contributed by atoms with E-state index in [-0.39, 0.29) is 30.6 Å². The lowest BCUT2D eigenvalue weighted by atomic mass is 10.1. The summed E-state index contributed by atoms with van der Waals surface area (Å²) in [6, 6.07) is 11.5. The largest absolute Gasteiger partial charge is 0.411 e. The van der Waals surface area contributed by atoms with Crippen LogP contribution in [0, 0.1) is 0 Å². The number of hydrogen-bond donors (Lipinski definition) is 1. The van der Waals surface area contributed by atoms with Crippen molar-refractivity contribution in [3.05, 3.63) is 57.8 Å². The fourth-order valence-corrected chi connectivity index (χ4v) is 3.22. The molecule has 156 valence electrons. The summed E-state index contributed by atoms with van der Waals surface area (Å²) in [5, 5.41) is 5.34. The number of aliphatic imine (C=N–C) groups is 1. The molecule has 1 aromatic carbocycles. The van der Waals surface area contributed by atoms with Crippen LogP contribution in [0.25, 0.3) is 0 Å². The summed E-state index contributed by atoms with van der Waals surface area (Å²) in [5.74, 6) is 0.769. The van der Waals surface area contributed by atoms with Gasteiger partial charge < -0.3 is 15.0 Å². The number of nitrogens with zero attached hydrogens (tertiary/aromatic N) is 2. The molecule has 1 aromatic heterocycles. The third-order valence-electron chi connectivity index (χ3n) is 3.82. The van der Waals surface area contributed by atoms with Gasteiger partial charge >= 0.3 is 6.18 Å². The summed E-state index contributed by atoms with van der Waals surface area (Å²) in [7, 11) is 3.70. The van der Waals surface area contributed by atoms with Crippen molar-refractivity contribution < 1.29 is 17.9 Å². The molecule has 1 N–H and O–H groups in total. The van der Waals surface area contributed by atoms with E-state index in [1.807, 2.05) is 31.3 Å². The zero-order valence-electron chi connectivity index (χ0n) is 15.8. The molecule has 0 aliphatic carbocycles. The summed E-state index contributed by atoms with van der Waals surface area (Å²) in [5.41, 5.74) is 1.66. The van der Waals surface area contributed by atoms with Crippen molar-refractivity contribution in [2.75, 3.05) is 27.2 Å². The first kappa shape index (κ1) is 24.7. The average Bonchev–Trinajstić information content (AvgIpc) is 3.13. The third-order valence-corrected chi connectivity index (χ3v) is 4.76. The van der Waals surface area contributed by atoms with Gasteiger partial charge in [0.2, 0.25) is 0 Å². The molecule has 0 aliphatic heterocycles. The van der Waals surface area contributed by atoms with E-state index >= 15 is 0 Å². The SMILES string of the molecule is CN=C(NCc1cccc(COCC(F)(F)F)c1)N(C)CCc1cccs1.I. The number of ether oxygens (including phenoxy) is 1. The van der Waals surface area contributed by atoms with Gasteiger partial charge in [-0.05, 0) is 29.0 Å². The Morgan fingerprint density at radius 2 is 1.96 bits per heavy atom. The number of nitrogens with one attached hydrogen (secondary N) is 1. The predicted octanol–water partition coefficient (Wildman–Crippen LogP) is 4.69. The van der Waals surface area contributed by atoms with Gasteiger partial charge in [0.15, 0.2) is 5.96 Å². The highest BCUT2D eigenvalue weighted by Crippen LogP contribution is 2.16. The van der Waals surface area contributed by atoms with Crippen LogP contribution in [0.15, 0.2) is 46.8 Å². The fourth-order valence-electron chi connectivity index (χ4n) is 2.52. The summed E-state index contributed by atoms with van der Waals surface area (Å²) in [6.45, 7) is 0.0641. The van der Waals surface area contributed by atoms with Crippen LogP contribution in [0.4, 0.5) is 13.2 Å². The molecular formula is C19H25F3IN3OS. The van der Waals surface area contributed by atoms with Crippen molar-refractivity contribution in [3.8, 4) is 0 Å². The number of guanidine groups is 1. The minimum Gasteiger partial charge on any atom is -0.367 e. The lowest BCUT2D eigenvalue weighted by Gasteiger charge is -2.22. The van der Waals surface area contributed by atoms with Crippen molar-refractivity contribution in [2.24, 2.45) is 4.99 Å². The molecule has 2 rings (SSSR count). The first-order valence-corrected chi connectivity index (χ1v) is 9.42. The summed E-state index contributed by atoms with van der Waals surface area (Å²) in [6.07, 6.45) is -3.36. The summed E-state index contributed by atoms with van der Waals surface area (Å²) in [4.78, 5) is 7.66. The van der Waals surface area contributed by atoms with Gasteiger partial charge in [0.05, 0.1) is 6.61 Å². The van der Waals surface area contributed by atoms with Crippen molar-refractivity contribution >= 4 is 41.3 Å². The predicted molar refractivity (Wildman–Crippen MR) is 118 cm³/mol. The molecule has 0 aliphatic rings. The van der Waals surface area contributed by atoms with E-state index in [0.29, 0.717) is 12.1 Å². The van der Waals surface area contributed by atoms with Crippen LogP contribution in [0.1, 0.15) is 16.0 Å². The van der Waals surface area contributed by atoms with Crippen LogP contribution < -0.4 is 5.32 Å². The van der Waals surface area contributed by atoms with Crippen LogP contribution in [-0.4, -0.2) is 44.3 Å². The Bertz CT molecular complexity index is 723. The van der Waals surface area contributed by atoms with Crippen LogP contribution in [0.2, 0.25) is 0 Å². The summed E-state index contributed by atoms with van der Waals surface area (Å²) < 4.78 is 41.2. The molecule has 28 heavy (non-hydrogen) atoms. The van der Waals surface area contributed by atoms with Crippen LogP contribution in [0.3, 0.4) is 0 Å². The lowest BCUT2D eigenvalue weighted by molar-refractivity contribution is -0.176. The monoisotopic (exact) mass is 527 g/mol. The van der Waals surface area contributed by atoms with Crippen LogP contribution >= 0.6 is 35.3 Å². The normalized spacial score (nSPS) is 11.8. The van der Waals surface area contributed by atoms with E-state index in [1.54, 1.807) is 24.5 Å². The molecule has 0 amide bonds. The van der Waals surface area contributed by atoms with Crippen molar-refractivity contribution in [1.29, 1.82) is 0 Å².